The molecule has 2 N–H and O–H groups in total. The molecule has 1 aliphatic rings. The number of thiophene rings is 1. The molecule has 3 unspecified atom stereocenters. The van der Waals surface area contributed by atoms with Crippen molar-refractivity contribution in [2.24, 2.45) is 11.8 Å². The molecule has 0 spiro atoms. The van der Waals surface area contributed by atoms with E-state index in [0.717, 1.165) is 30.6 Å². The van der Waals surface area contributed by atoms with Crippen LogP contribution >= 0.6 is 27.3 Å². The first kappa shape index (κ1) is 16.9. The molecule has 21 heavy (non-hydrogen) atoms. The molecule has 3 atom stereocenters. The van der Waals surface area contributed by atoms with Gasteiger partial charge in [-0.1, -0.05) is 26.7 Å². The first-order valence-electron chi connectivity index (χ1n) is 6.77. The number of hydrogen-bond acceptors (Lipinski definition) is 4. The Balaban J connectivity index is 2.24. The maximum atomic E-state index is 12.5. The van der Waals surface area contributed by atoms with Crippen LogP contribution in [0.3, 0.4) is 0 Å². The second-order valence-corrected chi connectivity index (χ2v) is 9.60. The fourth-order valence-electron chi connectivity index (χ4n) is 2.65. The predicted molar refractivity (Wildman–Crippen MR) is 85.3 cm³/mol. The summed E-state index contributed by atoms with van der Waals surface area (Å²) in [5.41, 5.74) is 0. The number of halogens is 1. The SMILES string of the molecule is CC1CCCC(NS(=O)(=O)c2cc(C(=O)O)sc2Br)C1C. The van der Waals surface area contributed by atoms with Crippen molar-refractivity contribution in [1.29, 1.82) is 0 Å². The summed E-state index contributed by atoms with van der Waals surface area (Å²) in [7, 11) is -3.71. The molecule has 0 saturated heterocycles. The lowest BCUT2D eigenvalue weighted by molar-refractivity contribution is 0.0702. The van der Waals surface area contributed by atoms with E-state index in [9.17, 15) is 13.2 Å². The quantitative estimate of drug-likeness (QED) is 0.818. The van der Waals surface area contributed by atoms with Crippen LogP contribution in [0.2, 0.25) is 0 Å². The van der Waals surface area contributed by atoms with Gasteiger partial charge in [-0.25, -0.2) is 17.9 Å². The Hall–Kier alpha value is -0.440. The lowest BCUT2D eigenvalue weighted by atomic mass is 9.78. The standard InChI is InChI=1S/C13H18BrNO4S2/c1-7-4-3-5-9(8(7)2)15-21(18,19)11-6-10(13(16)17)20-12(11)14/h6-9,15H,3-5H2,1-2H3,(H,16,17). The molecule has 8 heteroatoms. The summed E-state index contributed by atoms with van der Waals surface area (Å²) >= 11 is 4.06. The zero-order chi connectivity index (χ0) is 15.8. The molecule has 2 rings (SSSR count). The predicted octanol–water partition coefficient (Wildman–Crippen LogP) is 3.31. The molecular weight excluding hydrogens is 378 g/mol. The zero-order valence-corrected chi connectivity index (χ0v) is 15.0. The van der Waals surface area contributed by atoms with Crippen LogP contribution in [0.25, 0.3) is 0 Å². The third-order valence-electron chi connectivity index (χ3n) is 4.17. The first-order valence-corrected chi connectivity index (χ1v) is 9.86. The van der Waals surface area contributed by atoms with E-state index in [1.807, 2.05) is 0 Å². The van der Waals surface area contributed by atoms with Gasteiger partial charge < -0.3 is 5.11 Å². The topological polar surface area (TPSA) is 83.5 Å². The van der Waals surface area contributed by atoms with Crippen molar-refractivity contribution >= 4 is 43.3 Å². The summed E-state index contributed by atoms with van der Waals surface area (Å²) < 4.78 is 28.0. The number of carboxylic acid groups (broad SMARTS) is 1. The Morgan fingerprint density at radius 2 is 2.10 bits per heavy atom. The van der Waals surface area contributed by atoms with Gasteiger partial charge in [0.1, 0.15) is 9.77 Å². The van der Waals surface area contributed by atoms with E-state index < -0.39 is 16.0 Å². The van der Waals surface area contributed by atoms with Crippen molar-refractivity contribution in [3.63, 3.8) is 0 Å². The summed E-state index contributed by atoms with van der Waals surface area (Å²) in [5, 5.41) is 8.96. The monoisotopic (exact) mass is 395 g/mol. The summed E-state index contributed by atoms with van der Waals surface area (Å²) in [4.78, 5) is 11.0. The maximum Gasteiger partial charge on any atom is 0.345 e. The van der Waals surface area contributed by atoms with Crippen molar-refractivity contribution in [2.45, 2.75) is 44.0 Å². The minimum Gasteiger partial charge on any atom is -0.477 e. The Morgan fingerprint density at radius 3 is 2.67 bits per heavy atom. The number of rotatable bonds is 4. The van der Waals surface area contributed by atoms with Crippen LogP contribution in [0.15, 0.2) is 14.7 Å². The van der Waals surface area contributed by atoms with Crippen LogP contribution in [0.4, 0.5) is 0 Å². The number of carbonyl (C=O) groups is 1. The summed E-state index contributed by atoms with van der Waals surface area (Å²) in [6, 6.07) is 1.11. The average Bonchev–Trinajstić information content (AvgIpc) is 2.78. The number of sulfonamides is 1. The molecule has 0 aliphatic heterocycles. The average molecular weight is 396 g/mol. The second-order valence-electron chi connectivity index (χ2n) is 5.55. The lowest BCUT2D eigenvalue weighted by Crippen LogP contribution is -2.43. The normalized spacial score (nSPS) is 26.7. The van der Waals surface area contributed by atoms with Gasteiger partial charge in [-0.3, -0.25) is 0 Å². The summed E-state index contributed by atoms with van der Waals surface area (Å²) in [5.74, 6) is -0.376. The molecular formula is C13H18BrNO4S2. The highest BCUT2D eigenvalue weighted by Gasteiger charge is 2.32. The molecule has 1 saturated carbocycles. The van der Waals surface area contributed by atoms with E-state index in [2.05, 4.69) is 34.5 Å². The van der Waals surface area contributed by atoms with E-state index in [1.165, 1.54) is 6.07 Å². The molecule has 0 aromatic carbocycles. The van der Waals surface area contributed by atoms with Crippen molar-refractivity contribution in [3.05, 3.63) is 14.7 Å². The van der Waals surface area contributed by atoms with Gasteiger partial charge in [0.05, 0.1) is 3.79 Å². The maximum absolute atomic E-state index is 12.5. The molecule has 5 nitrogen and oxygen atoms in total. The fraction of sp³-hybridized carbons (Fsp3) is 0.615. The van der Waals surface area contributed by atoms with Gasteiger partial charge >= 0.3 is 5.97 Å². The van der Waals surface area contributed by atoms with Crippen LogP contribution in [0, 0.1) is 11.8 Å². The van der Waals surface area contributed by atoms with Gasteiger partial charge in [0.2, 0.25) is 10.0 Å². The Morgan fingerprint density at radius 1 is 1.43 bits per heavy atom. The molecule has 0 amide bonds. The Bertz CT molecular complexity index is 641. The van der Waals surface area contributed by atoms with Crippen LogP contribution in [0.5, 0.6) is 0 Å². The fourth-order valence-corrected chi connectivity index (χ4v) is 6.42. The zero-order valence-electron chi connectivity index (χ0n) is 11.8. The third kappa shape index (κ3) is 3.67. The van der Waals surface area contributed by atoms with Crippen LogP contribution in [0.1, 0.15) is 42.8 Å². The van der Waals surface area contributed by atoms with E-state index in [4.69, 9.17) is 5.11 Å². The van der Waals surface area contributed by atoms with Crippen molar-refractivity contribution in [2.75, 3.05) is 0 Å². The molecule has 0 bridgehead atoms. The first-order chi connectivity index (χ1) is 9.72. The van der Waals surface area contributed by atoms with E-state index in [-0.39, 0.29) is 21.7 Å². The minimum absolute atomic E-state index is 0.00677. The summed E-state index contributed by atoms with van der Waals surface area (Å²) in [6.07, 6.45) is 2.94. The van der Waals surface area contributed by atoms with Crippen molar-refractivity contribution < 1.29 is 18.3 Å². The van der Waals surface area contributed by atoms with Crippen molar-refractivity contribution in [3.8, 4) is 0 Å². The highest BCUT2D eigenvalue weighted by atomic mass is 79.9. The molecule has 1 heterocycles. The second kappa shape index (κ2) is 6.36. The number of nitrogens with one attached hydrogen (secondary N) is 1. The lowest BCUT2D eigenvalue weighted by Gasteiger charge is -2.34. The molecule has 1 aromatic rings. The highest BCUT2D eigenvalue weighted by Crippen LogP contribution is 2.34. The van der Waals surface area contributed by atoms with Gasteiger partial charge in [-0.05, 0) is 40.3 Å². The summed E-state index contributed by atoms with van der Waals surface area (Å²) in [6.45, 7) is 4.19. The Kier molecular flexibility index (Phi) is 5.12. The number of hydrogen-bond donors (Lipinski definition) is 2. The van der Waals surface area contributed by atoms with E-state index in [1.54, 1.807) is 0 Å². The molecule has 118 valence electrons. The van der Waals surface area contributed by atoms with E-state index in [0.29, 0.717) is 9.70 Å². The minimum atomic E-state index is -3.71. The van der Waals surface area contributed by atoms with Crippen LogP contribution in [-0.4, -0.2) is 25.5 Å². The Labute approximate surface area is 136 Å². The molecule has 1 fully saturated rings. The van der Waals surface area contributed by atoms with Gasteiger partial charge in [0, 0.05) is 6.04 Å². The molecule has 1 aromatic heterocycles. The van der Waals surface area contributed by atoms with Gasteiger partial charge in [-0.15, -0.1) is 11.3 Å². The van der Waals surface area contributed by atoms with Crippen LogP contribution < -0.4 is 4.72 Å². The van der Waals surface area contributed by atoms with Crippen molar-refractivity contribution in [1.82, 2.24) is 4.72 Å². The molecule has 1 aliphatic carbocycles. The van der Waals surface area contributed by atoms with Crippen LogP contribution in [-0.2, 0) is 10.0 Å². The molecule has 0 radical (unpaired) electrons. The smallest absolute Gasteiger partial charge is 0.345 e. The van der Waals surface area contributed by atoms with E-state index >= 15 is 0 Å². The number of aromatic carboxylic acids is 1. The van der Waals surface area contributed by atoms with Gasteiger partial charge in [-0.2, -0.15) is 0 Å². The van der Waals surface area contributed by atoms with Gasteiger partial charge in [0.15, 0.2) is 0 Å². The third-order valence-corrected chi connectivity index (χ3v) is 7.90. The largest absolute Gasteiger partial charge is 0.477 e. The highest BCUT2D eigenvalue weighted by molar-refractivity contribution is 9.11. The number of carboxylic acids is 1. The van der Waals surface area contributed by atoms with Gasteiger partial charge in [0.25, 0.3) is 0 Å².